The van der Waals surface area contributed by atoms with Crippen LogP contribution in [0.3, 0.4) is 0 Å². The van der Waals surface area contributed by atoms with Crippen LogP contribution in [-0.4, -0.2) is 20.6 Å². The molecule has 0 bridgehead atoms. The number of thiophene rings is 1. The van der Waals surface area contributed by atoms with E-state index >= 15 is 0 Å². The quantitative estimate of drug-likeness (QED) is 0.784. The molecule has 2 heterocycles. The topological polar surface area (TPSA) is 55.1 Å². The number of fused-ring (bicyclic) bond motifs is 1. The number of nitrogens with zero attached hydrogens (tertiary/aromatic N) is 2. The minimum absolute atomic E-state index is 0.231. The summed E-state index contributed by atoms with van der Waals surface area (Å²) in [5, 5.41) is 11.6. The van der Waals surface area contributed by atoms with Gasteiger partial charge in [-0.2, -0.15) is 0 Å². The van der Waals surface area contributed by atoms with Crippen LogP contribution in [0.2, 0.25) is 5.02 Å². The highest BCUT2D eigenvalue weighted by molar-refractivity contribution is 7.14. The summed E-state index contributed by atoms with van der Waals surface area (Å²) >= 11 is 7.63. The van der Waals surface area contributed by atoms with Gasteiger partial charge in [-0.25, -0.2) is 9.78 Å². The molecule has 0 aliphatic carbocycles. The molecule has 96 valence electrons. The van der Waals surface area contributed by atoms with Gasteiger partial charge in [0.2, 0.25) is 0 Å². The van der Waals surface area contributed by atoms with Gasteiger partial charge in [-0.15, -0.1) is 11.3 Å². The SMILES string of the molecule is Cn1c(-c2sccc2Cl)nc2cc(C(=O)O)ccc21. The molecule has 2 aromatic heterocycles. The number of halogens is 1. The Morgan fingerprint density at radius 1 is 1.42 bits per heavy atom. The van der Waals surface area contributed by atoms with E-state index in [0.29, 0.717) is 10.5 Å². The highest BCUT2D eigenvalue weighted by Gasteiger charge is 2.15. The number of carbonyl (C=O) groups is 1. The van der Waals surface area contributed by atoms with Crippen molar-refractivity contribution < 1.29 is 9.90 Å². The van der Waals surface area contributed by atoms with E-state index in [2.05, 4.69) is 4.98 Å². The monoisotopic (exact) mass is 292 g/mol. The van der Waals surface area contributed by atoms with Crippen molar-refractivity contribution in [2.45, 2.75) is 0 Å². The van der Waals surface area contributed by atoms with Gasteiger partial charge < -0.3 is 9.67 Å². The maximum Gasteiger partial charge on any atom is 0.335 e. The molecule has 1 N–H and O–H groups in total. The van der Waals surface area contributed by atoms with Crippen molar-refractivity contribution in [2.24, 2.45) is 7.05 Å². The molecule has 0 fully saturated rings. The number of aromatic nitrogens is 2. The third-order valence-electron chi connectivity index (χ3n) is 2.95. The smallest absolute Gasteiger partial charge is 0.335 e. The Labute approximate surface area is 117 Å². The largest absolute Gasteiger partial charge is 0.478 e. The number of hydrogen-bond acceptors (Lipinski definition) is 3. The highest BCUT2D eigenvalue weighted by atomic mass is 35.5. The van der Waals surface area contributed by atoms with Crippen molar-refractivity contribution in [2.75, 3.05) is 0 Å². The molecular weight excluding hydrogens is 284 g/mol. The molecule has 1 aromatic carbocycles. The van der Waals surface area contributed by atoms with Crippen LogP contribution in [0.4, 0.5) is 0 Å². The van der Waals surface area contributed by atoms with Crippen LogP contribution in [0.15, 0.2) is 29.6 Å². The first kappa shape index (κ1) is 12.2. The zero-order valence-corrected chi connectivity index (χ0v) is 11.5. The molecule has 6 heteroatoms. The van der Waals surface area contributed by atoms with E-state index in [-0.39, 0.29) is 5.56 Å². The molecule has 0 saturated heterocycles. The van der Waals surface area contributed by atoms with E-state index < -0.39 is 5.97 Å². The Balaban J connectivity index is 2.26. The van der Waals surface area contributed by atoms with Crippen molar-refractivity contribution in [3.63, 3.8) is 0 Å². The van der Waals surface area contributed by atoms with Crippen molar-refractivity contribution in [1.82, 2.24) is 9.55 Å². The fraction of sp³-hybridized carbons (Fsp3) is 0.0769. The van der Waals surface area contributed by atoms with E-state index in [0.717, 1.165) is 16.2 Å². The first-order valence-corrected chi connectivity index (χ1v) is 6.77. The Morgan fingerprint density at radius 2 is 2.21 bits per heavy atom. The van der Waals surface area contributed by atoms with E-state index in [1.807, 2.05) is 23.1 Å². The van der Waals surface area contributed by atoms with Gasteiger partial charge in [-0.1, -0.05) is 11.6 Å². The number of carboxylic acid groups (broad SMARTS) is 1. The van der Waals surface area contributed by atoms with Crippen LogP contribution in [-0.2, 0) is 7.05 Å². The molecular formula is C13H9ClN2O2S. The number of imidazole rings is 1. The molecule has 0 spiro atoms. The Kier molecular flexibility index (Phi) is 2.80. The van der Waals surface area contributed by atoms with E-state index in [9.17, 15) is 4.79 Å². The lowest BCUT2D eigenvalue weighted by molar-refractivity contribution is 0.0697. The lowest BCUT2D eigenvalue weighted by atomic mass is 10.2. The first-order chi connectivity index (χ1) is 9.08. The van der Waals surface area contributed by atoms with Crippen molar-refractivity contribution in [1.29, 1.82) is 0 Å². The van der Waals surface area contributed by atoms with Gasteiger partial charge in [0.05, 0.1) is 26.5 Å². The van der Waals surface area contributed by atoms with Crippen LogP contribution < -0.4 is 0 Å². The summed E-state index contributed by atoms with van der Waals surface area (Å²) in [6.07, 6.45) is 0. The third-order valence-corrected chi connectivity index (χ3v) is 4.29. The van der Waals surface area contributed by atoms with Gasteiger partial charge in [0.15, 0.2) is 5.82 Å². The molecule has 0 amide bonds. The second-order valence-electron chi connectivity index (χ2n) is 4.10. The first-order valence-electron chi connectivity index (χ1n) is 5.51. The lowest BCUT2D eigenvalue weighted by Crippen LogP contribution is -1.95. The fourth-order valence-electron chi connectivity index (χ4n) is 1.99. The zero-order chi connectivity index (χ0) is 13.6. The average Bonchev–Trinajstić information content (AvgIpc) is 2.93. The van der Waals surface area contributed by atoms with Gasteiger partial charge in [-0.3, -0.25) is 0 Å². The summed E-state index contributed by atoms with van der Waals surface area (Å²) in [6.45, 7) is 0. The van der Waals surface area contributed by atoms with E-state index in [1.54, 1.807) is 18.2 Å². The van der Waals surface area contributed by atoms with Crippen molar-refractivity contribution in [3.8, 4) is 10.7 Å². The lowest BCUT2D eigenvalue weighted by Gasteiger charge is -2.00. The summed E-state index contributed by atoms with van der Waals surface area (Å²) in [5.74, 6) is -0.208. The minimum atomic E-state index is -0.955. The van der Waals surface area contributed by atoms with Crippen molar-refractivity contribution >= 4 is 39.9 Å². The molecule has 0 aliphatic heterocycles. The number of aryl methyl sites for hydroxylation is 1. The van der Waals surface area contributed by atoms with Crippen LogP contribution in [0.5, 0.6) is 0 Å². The normalized spacial score (nSPS) is 11.1. The van der Waals surface area contributed by atoms with Gasteiger partial charge in [0.25, 0.3) is 0 Å². The summed E-state index contributed by atoms with van der Waals surface area (Å²) in [7, 11) is 1.89. The maximum atomic E-state index is 11.0. The van der Waals surface area contributed by atoms with E-state index in [4.69, 9.17) is 16.7 Å². The molecule has 0 unspecified atom stereocenters. The van der Waals surface area contributed by atoms with Crippen LogP contribution in [0, 0.1) is 0 Å². The Morgan fingerprint density at radius 3 is 2.84 bits per heavy atom. The minimum Gasteiger partial charge on any atom is -0.478 e. The standard InChI is InChI=1S/C13H9ClN2O2S/c1-16-10-3-2-7(13(17)18)6-9(10)15-12(16)11-8(14)4-5-19-11/h2-6H,1H3,(H,17,18). The molecule has 0 saturated carbocycles. The van der Waals surface area contributed by atoms with Crippen LogP contribution in [0.25, 0.3) is 21.7 Å². The van der Waals surface area contributed by atoms with Gasteiger partial charge in [0.1, 0.15) is 0 Å². The predicted octanol–water partition coefficient (Wildman–Crippen LogP) is 3.65. The number of benzene rings is 1. The molecule has 0 aliphatic rings. The highest BCUT2D eigenvalue weighted by Crippen LogP contribution is 2.34. The number of rotatable bonds is 2. The Hall–Kier alpha value is -1.85. The summed E-state index contributed by atoms with van der Waals surface area (Å²) in [4.78, 5) is 16.3. The van der Waals surface area contributed by atoms with Gasteiger partial charge >= 0.3 is 5.97 Å². The van der Waals surface area contributed by atoms with Gasteiger partial charge in [0, 0.05) is 7.05 Å². The number of hydrogen-bond donors (Lipinski definition) is 1. The molecule has 3 rings (SSSR count). The van der Waals surface area contributed by atoms with E-state index in [1.165, 1.54) is 11.3 Å². The molecule has 0 radical (unpaired) electrons. The summed E-state index contributed by atoms with van der Waals surface area (Å²) in [6, 6.07) is 6.73. The summed E-state index contributed by atoms with van der Waals surface area (Å²) < 4.78 is 1.92. The maximum absolute atomic E-state index is 11.0. The van der Waals surface area contributed by atoms with Gasteiger partial charge in [-0.05, 0) is 29.6 Å². The Bertz CT molecular complexity index is 791. The zero-order valence-electron chi connectivity index (χ0n) is 9.92. The average molecular weight is 293 g/mol. The molecule has 0 atom stereocenters. The van der Waals surface area contributed by atoms with Crippen LogP contribution >= 0.6 is 22.9 Å². The number of aromatic carboxylic acids is 1. The second-order valence-corrected chi connectivity index (χ2v) is 5.42. The third kappa shape index (κ3) is 1.91. The summed E-state index contributed by atoms with van der Waals surface area (Å²) in [5.41, 5.74) is 1.76. The molecule has 19 heavy (non-hydrogen) atoms. The second kappa shape index (κ2) is 4.36. The van der Waals surface area contributed by atoms with Crippen molar-refractivity contribution in [3.05, 3.63) is 40.2 Å². The van der Waals surface area contributed by atoms with Crippen LogP contribution in [0.1, 0.15) is 10.4 Å². The predicted molar refractivity (Wildman–Crippen MR) is 76.0 cm³/mol. The molecule has 3 aromatic rings. The number of carboxylic acids is 1. The molecule has 4 nitrogen and oxygen atoms in total. The fourth-order valence-corrected chi connectivity index (χ4v) is 3.15.